The van der Waals surface area contributed by atoms with E-state index in [0.29, 0.717) is 24.3 Å². The van der Waals surface area contributed by atoms with Gasteiger partial charge in [-0.05, 0) is 62.1 Å². The quantitative estimate of drug-likeness (QED) is 0.827. The first-order valence-corrected chi connectivity index (χ1v) is 10.8. The second kappa shape index (κ2) is 8.32. The first-order chi connectivity index (χ1) is 13.3. The van der Waals surface area contributed by atoms with E-state index in [1.165, 1.54) is 17.5 Å². The molecular formula is C21H26N2O4S. The fourth-order valence-electron chi connectivity index (χ4n) is 3.40. The highest BCUT2D eigenvalue weighted by Gasteiger charge is 2.29. The fraction of sp³-hybridized carbons (Fsp3) is 0.381. The smallest absolute Gasteiger partial charge is 0.255 e. The minimum absolute atomic E-state index is 0.0793. The maximum absolute atomic E-state index is 13.1. The number of anilines is 1. The molecule has 3 rings (SSSR count). The lowest BCUT2D eigenvalue weighted by Crippen LogP contribution is -2.35. The largest absolute Gasteiger partial charge is 0.495 e. The van der Waals surface area contributed by atoms with Gasteiger partial charge in [0.1, 0.15) is 10.6 Å². The van der Waals surface area contributed by atoms with E-state index < -0.39 is 10.0 Å². The minimum Gasteiger partial charge on any atom is -0.495 e. The normalized spacial score (nSPS) is 15.2. The Hall–Kier alpha value is -2.38. The zero-order valence-corrected chi connectivity index (χ0v) is 17.3. The van der Waals surface area contributed by atoms with Crippen LogP contribution in [0.3, 0.4) is 0 Å². The number of nitrogens with one attached hydrogen (secondary N) is 1. The molecule has 2 aromatic rings. The van der Waals surface area contributed by atoms with Gasteiger partial charge in [-0.2, -0.15) is 4.31 Å². The Morgan fingerprint density at radius 3 is 2.46 bits per heavy atom. The SMILES string of the molecule is COc1ccc(NC(=O)c2cccc(C)c2C)cc1S(=O)(=O)N1CCCCC1. The summed E-state index contributed by atoms with van der Waals surface area (Å²) in [6.07, 6.45) is 2.74. The molecule has 0 aromatic heterocycles. The summed E-state index contributed by atoms with van der Waals surface area (Å²) in [7, 11) is -2.24. The van der Waals surface area contributed by atoms with Gasteiger partial charge in [0.25, 0.3) is 5.91 Å². The zero-order chi connectivity index (χ0) is 20.3. The Balaban J connectivity index is 1.92. The number of piperidine rings is 1. The number of rotatable bonds is 5. The van der Waals surface area contributed by atoms with Crippen LogP contribution >= 0.6 is 0 Å². The summed E-state index contributed by atoms with van der Waals surface area (Å²) in [6.45, 7) is 4.85. The summed E-state index contributed by atoms with van der Waals surface area (Å²) < 4.78 is 33.0. The number of benzene rings is 2. The Morgan fingerprint density at radius 2 is 1.79 bits per heavy atom. The summed E-state index contributed by atoms with van der Waals surface area (Å²) in [5.74, 6) is 0.00277. The van der Waals surface area contributed by atoms with Gasteiger partial charge in [0, 0.05) is 24.3 Å². The van der Waals surface area contributed by atoms with Crippen LogP contribution in [0.1, 0.15) is 40.7 Å². The van der Waals surface area contributed by atoms with Crippen LogP contribution in [0.15, 0.2) is 41.3 Å². The molecule has 0 atom stereocenters. The lowest BCUT2D eigenvalue weighted by atomic mass is 10.0. The van der Waals surface area contributed by atoms with Crippen LogP contribution in [-0.4, -0.2) is 38.8 Å². The van der Waals surface area contributed by atoms with E-state index in [2.05, 4.69) is 5.32 Å². The molecule has 1 heterocycles. The average Bonchev–Trinajstić information content (AvgIpc) is 2.70. The third-order valence-corrected chi connectivity index (χ3v) is 7.12. The highest BCUT2D eigenvalue weighted by atomic mass is 32.2. The lowest BCUT2D eigenvalue weighted by molar-refractivity contribution is 0.102. The molecule has 0 spiro atoms. The van der Waals surface area contributed by atoms with E-state index in [9.17, 15) is 13.2 Å². The van der Waals surface area contributed by atoms with Gasteiger partial charge in [0.15, 0.2) is 0 Å². The van der Waals surface area contributed by atoms with Crippen LogP contribution in [0.5, 0.6) is 5.75 Å². The number of aryl methyl sites for hydroxylation is 1. The van der Waals surface area contributed by atoms with Crippen LogP contribution in [0, 0.1) is 13.8 Å². The van der Waals surface area contributed by atoms with Crippen molar-refractivity contribution in [3.8, 4) is 5.75 Å². The molecule has 0 unspecified atom stereocenters. The molecule has 2 aromatic carbocycles. The van der Waals surface area contributed by atoms with Crippen LogP contribution < -0.4 is 10.1 Å². The molecule has 1 aliphatic heterocycles. The highest BCUT2D eigenvalue weighted by Crippen LogP contribution is 2.31. The number of methoxy groups -OCH3 is 1. The molecule has 150 valence electrons. The summed E-state index contributed by atoms with van der Waals surface area (Å²) in [5, 5.41) is 2.82. The standard InChI is InChI=1S/C21H26N2O4S/c1-15-8-7-9-18(16(15)2)21(24)22-17-10-11-19(27-3)20(14-17)28(25,26)23-12-5-4-6-13-23/h7-11,14H,4-6,12-13H2,1-3H3,(H,22,24). The van der Waals surface area contributed by atoms with Crippen molar-refractivity contribution in [2.75, 3.05) is 25.5 Å². The topological polar surface area (TPSA) is 75.7 Å². The van der Waals surface area contributed by atoms with Gasteiger partial charge in [-0.1, -0.05) is 18.6 Å². The van der Waals surface area contributed by atoms with E-state index in [1.807, 2.05) is 26.0 Å². The van der Waals surface area contributed by atoms with Crippen molar-refractivity contribution in [3.05, 3.63) is 53.1 Å². The molecule has 1 saturated heterocycles. The Morgan fingerprint density at radius 1 is 1.07 bits per heavy atom. The molecule has 28 heavy (non-hydrogen) atoms. The maximum Gasteiger partial charge on any atom is 0.255 e. The third kappa shape index (κ3) is 4.05. The maximum atomic E-state index is 13.1. The second-order valence-electron chi connectivity index (χ2n) is 7.03. The molecular weight excluding hydrogens is 376 g/mol. The van der Waals surface area contributed by atoms with Crippen molar-refractivity contribution in [1.82, 2.24) is 4.31 Å². The van der Waals surface area contributed by atoms with Crippen molar-refractivity contribution in [3.63, 3.8) is 0 Å². The Kier molecular flexibility index (Phi) is 6.05. The molecule has 6 nitrogen and oxygen atoms in total. The first-order valence-electron chi connectivity index (χ1n) is 9.40. The van der Waals surface area contributed by atoms with Crippen molar-refractivity contribution in [1.29, 1.82) is 0 Å². The van der Waals surface area contributed by atoms with Crippen LogP contribution in [0.2, 0.25) is 0 Å². The van der Waals surface area contributed by atoms with Crippen molar-refractivity contribution in [2.45, 2.75) is 38.0 Å². The predicted molar refractivity (Wildman–Crippen MR) is 109 cm³/mol. The molecule has 7 heteroatoms. The number of hydrogen-bond acceptors (Lipinski definition) is 4. The molecule has 0 radical (unpaired) electrons. The zero-order valence-electron chi connectivity index (χ0n) is 16.5. The number of nitrogens with zero attached hydrogens (tertiary/aromatic N) is 1. The number of hydrogen-bond donors (Lipinski definition) is 1. The van der Waals surface area contributed by atoms with Gasteiger partial charge in [-0.15, -0.1) is 0 Å². The van der Waals surface area contributed by atoms with Crippen molar-refractivity contribution < 1.29 is 17.9 Å². The number of carbonyl (C=O) groups excluding carboxylic acids is 1. The lowest BCUT2D eigenvalue weighted by Gasteiger charge is -2.26. The van der Waals surface area contributed by atoms with Crippen molar-refractivity contribution in [2.24, 2.45) is 0 Å². The number of amides is 1. The van der Waals surface area contributed by atoms with Crippen LogP contribution in [0.4, 0.5) is 5.69 Å². The first kappa shape index (κ1) is 20.4. The molecule has 1 aliphatic rings. The Labute approximate surface area is 166 Å². The van der Waals surface area contributed by atoms with E-state index in [4.69, 9.17) is 4.74 Å². The summed E-state index contributed by atoms with van der Waals surface area (Å²) in [5.41, 5.74) is 2.91. The molecule has 1 amide bonds. The fourth-order valence-corrected chi connectivity index (χ4v) is 5.09. The van der Waals surface area contributed by atoms with Gasteiger partial charge >= 0.3 is 0 Å². The van der Waals surface area contributed by atoms with Crippen LogP contribution in [-0.2, 0) is 10.0 Å². The molecule has 1 fully saturated rings. The third-order valence-electron chi connectivity index (χ3n) is 5.20. The van der Waals surface area contributed by atoms with E-state index in [1.54, 1.807) is 18.2 Å². The molecule has 1 N–H and O–H groups in total. The summed E-state index contributed by atoms with van der Waals surface area (Å²) >= 11 is 0. The van der Waals surface area contributed by atoms with Crippen LogP contribution in [0.25, 0.3) is 0 Å². The van der Waals surface area contributed by atoms with Gasteiger partial charge in [-0.25, -0.2) is 8.42 Å². The molecule has 0 saturated carbocycles. The highest BCUT2D eigenvalue weighted by molar-refractivity contribution is 7.89. The van der Waals surface area contributed by atoms with Gasteiger partial charge in [0.2, 0.25) is 10.0 Å². The molecule has 0 aliphatic carbocycles. The number of carbonyl (C=O) groups is 1. The monoisotopic (exact) mass is 402 g/mol. The molecule has 0 bridgehead atoms. The van der Waals surface area contributed by atoms with E-state index in [-0.39, 0.29) is 16.6 Å². The van der Waals surface area contributed by atoms with Gasteiger partial charge in [0.05, 0.1) is 7.11 Å². The second-order valence-corrected chi connectivity index (χ2v) is 8.94. The summed E-state index contributed by atoms with van der Waals surface area (Å²) in [6, 6.07) is 10.2. The van der Waals surface area contributed by atoms with Crippen molar-refractivity contribution >= 4 is 21.6 Å². The van der Waals surface area contributed by atoms with E-state index >= 15 is 0 Å². The van der Waals surface area contributed by atoms with E-state index in [0.717, 1.165) is 30.4 Å². The number of sulfonamides is 1. The minimum atomic E-state index is -3.69. The average molecular weight is 403 g/mol. The summed E-state index contributed by atoms with van der Waals surface area (Å²) in [4.78, 5) is 12.8. The van der Waals surface area contributed by atoms with Gasteiger partial charge in [-0.3, -0.25) is 4.79 Å². The Bertz CT molecular complexity index is 980. The van der Waals surface area contributed by atoms with Gasteiger partial charge < -0.3 is 10.1 Å². The number of ether oxygens (including phenoxy) is 1. The predicted octanol–water partition coefficient (Wildman–Crippen LogP) is 3.74.